The number of carbonyl (C=O) groups excluding carboxylic acids is 2. The fourth-order valence-corrected chi connectivity index (χ4v) is 8.36. The number of aromatic nitrogens is 4. The fourth-order valence-electron chi connectivity index (χ4n) is 8.11. The maximum atomic E-state index is 12.3. The molecule has 0 bridgehead atoms. The number of fused-ring (bicyclic) bond motifs is 2. The number of piperazine rings is 1. The van der Waals surface area contributed by atoms with E-state index in [9.17, 15) is 9.59 Å². The molecule has 334 valence electrons. The summed E-state index contributed by atoms with van der Waals surface area (Å²) in [5.41, 5.74) is 3.04. The van der Waals surface area contributed by atoms with Crippen LogP contribution in [0.4, 0.5) is 23.3 Å². The van der Waals surface area contributed by atoms with Crippen LogP contribution in [0.25, 0.3) is 21.8 Å². The molecular weight excluding hydrogens is 855 g/mol. The van der Waals surface area contributed by atoms with Gasteiger partial charge in [0.2, 0.25) is 11.9 Å². The Balaban J connectivity index is 0.000000175. The number of rotatable bonds is 13. The summed E-state index contributed by atoms with van der Waals surface area (Å²) in [6.45, 7) is 8.61. The molecule has 3 N–H and O–H groups in total. The van der Waals surface area contributed by atoms with E-state index in [0.717, 1.165) is 67.0 Å². The summed E-state index contributed by atoms with van der Waals surface area (Å²) in [6.07, 6.45) is 8.63. The maximum Gasteiger partial charge on any atom is 0.262 e. The zero-order chi connectivity index (χ0) is 44.3. The molecule has 3 aliphatic rings. The molecule has 15 nitrogen and oxygen atoms in total. The Bertz CT molecular complexity index is 2500. The van der Waals surface area contributed by atoms with Crippen molar-refractivity contribution in [3.8, 4) is 11.5 Å². The first-order chi connectivity index (χ1) is 31.2. The monoisotopic (exact) mass is 906 g/mol. The van der Waals surface area contributed by atoms with E-state index in [0.29, 0.717) is 51.5 Å². The predicted octanol–water partition coefficient (Wildman–Crippen LogP) is 6.78. The van der Waals surface area contributed by atoms with E-state index in [2.05, 4.69) is 45.2 Å². The van der Waals surface area contributed by atoms with Crippen molar-refractivity contribution < 1.29 is 24.2 Å². The van der Waals surface area contributed by atoms with Crippen LogP contribution in [0, 0.1) is 0 Å². The van der Waals surface area contributed by atoms with Crippen molar-refractivity contribution in [3.05, 3.63) is 107 Å². The van der Waals surface area contributed by atoms with Crippen LogP contribution < -0.4 is 29.9 Å². The predicted molar refractivity (Wildman–Crippen MR) is 252 cm³/mol. The standard InChI is InChI=1S/C25H28ClN5O2.C22H24ClN5O3/c26-19-3-6-22(7-4-19)33-17-24(32)28-20-5-8-23-18(15-20)16-27-25(29-23)31-13-9-21(10-14-31)30-11-1-2-12-30;23-17-1-4-19(5-2-17)31-15-21(30)25-18-3-6-20-16(13-18)14-24-22(26-20)28-9-7-27(8-10-28)11-12-29/h3-8,15-16,21H,1-2,9-14,17H2,(H,28,32);1-6,13-14,29H,7-12,15H2,(H,25,30). The van der Waals surface area contributed by atoms with E-state index in [1.54, 1.807) is 54.7 Å². The molecule has 4 aromatic carbocycles. The second-order valence-electron chi connectivity index (χ2n) is 16.0. The van der Waals surface area contributed by atoms with Crippen molar-refractivity contribution in [2.75, 3.05) is 99.2 Å². The number of hydrogen-bond acceptors (Lipinski definition) is 13. The number of β-amino-alcohol motifs (C(OH)–C–C–N with tert-alkyl or cyclic N) is 1. The lowest BCUT2D eigenvalue weighted by Gasteiger charge is -2.36. The molecule has 2 aromatic heterocycles. The number of benzene rings is 4. The Morgan fingerprint density at radius 2 is 1.09 bits per heavy atom. The van der Waals surface area contributed by atoms with Gasteiger partial charge >= 0.3 is 0 Å². The first kappa shape index (κ1) is 44.8. The van der Waals surface area contributed by atoms with Crippen LogP contribution in [-0.2, 0) is 9.59 Å². The third kappa shape index (κ3) is 12.2. The molecule has 64 heavy (non-hydrogen) atoms. The number of likely N-dealkylation sites (tertiary alicyclic amines) is 1. The molecule has 0 aliphatic carbocycles. The molecule has 2 amide bonds. The molecule has 3 saturated heterocycles. The number of halogens is 2. The minimum absolute atomic E-state index is 0.0809. The van der Waals surface area contributed by atoms with Crippen LogP contribution in [0.5, 0.6) is 11.5 Å². The smallest absolute Gasteiger partial charge is 0.262 e. The highest BCUT2D eigenvalue weighted by Gasteiger charge is 2.27. The zero-order valence-corrected chi connectivity index (χ0v) is 37.1. The molecule has 5 heterocycles. The summed E-state index contributed by atoms with van der Waals surface area (Å²) in [6, 6.07) is 25.7. The van der Waals surface area contributed by atoms with Crippen LogP contribution >= 0.6 is 23.2 Å². The number of ether oxygens (including phenoxy) is 2. The minimum Gasteiger partial charge on any atom is -0.484 e. The van der Waals surface area contributed by atoms with E-state index < -0.39 is 0 Å². The molecule has 17 heteroatoms. The first-order valence-electron chi connectivity index (χ1n) is 21.7. The van der Waals surface area contributed by atoms with Gasteiger partial charge in [-0.25, -0.2) is 19.9 Å². The van der Waals surface area contributed by atoms with Gasteiger partial charge in [-0.15, -0.1) is 0 Å². The number of anilines is 4. The lowest BCUT2D eigenvalue weighted by molar-refractivity contribution is -0.118. The summed E-state index contributed by atoms with van der Waals surface area (Å²) >= 11 is 11.7. The highest BCUT2D eigenvalue weighted by Crippen LogP contribution is 2.26. The molecular formula is C47H52Cl2N10O5. The Morgan fingerprint density at radius 1 is 0.625 bits per heavy atom. The molecule has 0 unspecified atom stereocenters. The number of piperidine rings is 1. The number of hydrogen-bond donors (Lipinski definition) is 3. The molecule has 3 aliphatic heterocycles. The number of aliphatic hydroxyl groups excluding tert-OH is 1. The van der Waals surface area contributed by atoms with Gasteiger partial charge in [-0.1, -0.05) is 23.2 Å². The van der Waals surface area contributed by atoms with Gasteiger partial charge in [0, 0.05) is 96.4 Å². The lowest BCUT2D eigenvalue weighted by atomic mass is 10.0. The third-order valence-electron chi connectivity index (χ3n) is 11.5. The quantitative estimate of drug-likeness (QED) is 0.111. The molecule has 6 aromatic rings. The van der Waals surface area contributed by atoms with Gasteiger partial charge in [-0.05, 0) is 124 Å². The van der Waals surface area contributed by atoms with E-state index in [4.69, 9.17) is 42.8 Å². The van der Waals surface area contributed by atoms with Gasteiger partial charge in [0.25, 0.3) is 11.8 Å². The number of carbonyl (C=O) groups is 2. The third-order valence-corrected chi connectivity index (χ3v) is 12.0. The lowest BCUT2D eigenvalue weighted by Crippen LogP contribution is -2.47. The minimum atomic E-state index is -0.257. The molecule has 0 saturated carbocycles. The van der Waals surface area contributed by atoms with Crippen molar-refractivity contribution in [3.63, 3.8) is 0 Å². The summed E-state index contributed by atoms with van der Waals surface area (Å²) in [7, 11) is 0. The van der Waals surface area contributed by atoms with Crippen LogP contribution in [0.2, 0.25) is 10.0 Å². The van der Waals surface area contributed by atoms with Crippen molar-refractivity contribution in [1.29, 1.82) is 0 Å². The van der Waals surface area contributed by atoms with Crippen LogP contribution in [0.15, 0.2) is 97.3 Å². The van der Waals surface area contributed by atoms with Crippen molar-refractivity contribution in [2.45, 2.75) is 31.7 Å². The zero-order valence-electron chi connectivity index (χ0n) is 35.5. The first-order valence-corrected chi connectivity index (χ1v) is 22.5. The second kappa shape index (κ2) is 21.7. The normalized spacial score (nSPS) is 16.0. The number of aliphatic hydroxyl groups is 1. The summed E-state index contributed by atoms with van der Waals surface area (Å²) in [5.74, 6) is 2.17. The summed E-state index contributed by atoms with van der Waals surface area (Å²) < 4.78 is 11.0. The number of amides is 2. The Kier molecular flexibility index (Phi) is 15.2. The molecule has 0 radical (unpaired) electrons. The van der Waals surface area contributed by atoms with Gasteiger partial charge in [0.1, 0.15) is 11.5 Å². The van der Waals surface area contributed by atoms with Crippen LogP contribution in [0.1, 0.15) is 25.7 Å². The van der Waals surface area contributed by atoms with Gasteiger partial charge in [-0.2, -0.15) is 0 Å². The molecule has 0 atom stereocenters. The van der Waals surface area contributed by atoms with Gasteiger partial charge < -0.3 is 39.9 Å². The maximum absolute atomic E-state index is 12.3. The Labute approximate surface area is 382 Å². The molecule has 9 rings (SSSR count). The van der Waals surface area contributed by atoms with Gasteiger partial charge in [0.15, 0.2) is 13.2 Å². The SMILES string of the molecule is O=C(COc1ccc(Cl)cc1)Nc1ccc2nc(N3CCC(N4CCCC4)CC3)ncc2c1.O=C(COc1ccc(Cl)cc1)Nc1ccc2nc(N3CCN(CCO)CC3)ncc2c1. The molecule has 3 fully saturated rings. The largest absolute Gasteiger partial charge is 0.484 e. The van der Waals surface area contributed by atoms with Crippen molar-refractivity contribution >= 4 is 80.1 Å². The topological polar surface area (TPSA) is 161 Å². The van der Waals surface area contributed by atoms with Gasteiger partial charge in [0.05, 0.1) is 17.6 Å². The second-order valence-corrected chi connectivity index (χ2v) is 16.9. The fraction of sp³-hybridized carbons (Fsp3) is 0.362. The number of nitrogens with zero attached hydrogens (tertiary/aromatic N) is 8. The van der Waals surface area contributed by atoms with E-state index in [1.165, 1.54) is 38.8 Å². The Hall–Kier alpha value is -5.84. The van der Waals surface area contributed by atoms with Crippen LogP contribution in [0.3, 0.4) is 0 Å². The van der Waals surface area contributed by atoms with Gasteiger partial charge in [-0.3, -0.25) is 14.5 Å². The van der Waals surface area contributed by atoms with Crippen molar-refractivity contribution in [2.24, 2.45) is 0 Å². The summed E-state index contributed by atoms with van der Waals surface area (Å²) in [5, 5.41) is 17.7. The average molecular weight is 908 g/mol. The summed E-state index contributed by atoms with van der Waals surface area (Å²) in [4.78, 5) is 52.3. The van der Waals surface area contributed by atoms with E-state index >= 15 is 0 Å². The van der Waals surface area contributed by atoms with E-state index in [-0.39, 0.29) is 31.6 Å². The highest BCUT2D eigenvalue weighted by molar-refractivity contribution is 6.30. The number of nitrogens with one attached hydrogen (secondary N) is 2. The average Bonchev–Trinajstić information content (AvgIpc) is 3.87. The molecule has 0 spiro atoms. The van der Waals surface area contributed by atoms with Crippen LogP contribution in [-0.4, -0.2) is 131 Å². The highest BCUT2D eigenvalue weighted by atomic mass is 35.5. The Morgan fingerprint density at radius 3 is 1.56 bits per heavy atom. The van der Waals surface area contributed by atoms with Crippen molar-refractivity contribution in [1.82, 2.24) is 29.7 Å². The van der Waals surface area contributed by atoms with E-state index in [1.807, 2.05) is 42.6 Å².